The van der Waals surface area contributed by atoms with Crippen molar-refractivity contribution in [2.24, 2.45) is 0 Å². The molecule has 4 rings (SSSR count). The highest BCUT2D eigenvalue weighted by molar-refractivity contribution is 5.97. The third kappa shape index (κ3) is 3.21. The first kappa shape index (κ1) is 16.4. The summed E-state index contributed by atoms with van der Waals surface area (Å²) < 4.78 is 0. The highest BCUT2D eigenvalue weighted by atomic mass is 15.1. The lowest BCUT2D eigenvalue weighted by Gasteiger charge is -2.09. The molecule has 0 saturated heterocycles. The fourth-order valence-electron chi connectivity index (χ4n) is 3.25. The Morgan fingerprint density at radius 2 is 1.96 bits per heavy atom. The first-order chi connectivity index (χ1) is 12.9. The van der Waals surface area contributed by atoms with Gasteiger partial charge in [-0.05, 0) is 61.8 Å². The molecular formula is C21H21N5. The van der Waals surface area contributed by atoms with Gasteiger partial charge in [-0.1, -0.05) is 18.2 Å². The second-order valence-corrected chi connectivity index (χ2v) is 6.29. The Balaban J connectivity index is 1.75. The van der Waals surface area contributed by atoms with Crippen LogP contribution in [0.3, 0.4) is 0 Å². The Morgan fingerprint density at radius 3 is 2.81 bits per heavy atom. The number of rotatable bonds is 6. The zero-order valence-corrected chi connectivity index (χ0v) is 14.7. The van der Waals surface area contributed by atoms with Crippen LogP contribution in [0.25, 0.3) is 33.4 Å². The van der Waals surface area contributed by atoms with Gasteiger partial charge in [-0.25, -0.2) is 0 Å². The minimum Gasteiger partial charge on any atom is -0.320 e. The Morgan fingerprint density at radius 1 is 1.00 bits per heavy atom. The number of hydrogen-bond donors (Lipinski definition) is 2. The normalized spacial score (nSPS) is 11.1. The van der Waals surface area contributed by atoms with Gasteiger partial charge in [-0.2, -0.15) is 5.10 Å². The lowest BCUT2D eigenvalue weighted by molar-refractivity contribution is 0.725. The monoisotopic (exact) mass is 343 g/mol. The lowest BCUT2D eigenvalue weighted by atomic mass is 9.98. The highest BCUT2D eigenvalue weighted by Crippen LogP contribution is 2.33. The molecule has 5 heteroatoms. The molecule has 3 aromatic heterocycles. The van der Waals surface area contributed by atoms with E-state index in [1.165, 1.54) is 5.56 Å². The zero-order valence-electron chi connectivity index (χ0n) is 14.7. The fraction of sp³-hybridized carbons (Fsp3) is 0.190. The molecule has 0 unspecified atom stereocenters. The number of aryl methyl sites for hydroxylation is 1. The van der Waals surface area contributed by atoms with Crippen LogP contribution in [0, 0.1) is 0 Å². The number of aromatic nitrogens is 4. The van der Waals surface area contributed by atoms with E-state index < -0.39 is 0 Å². The Bertz CT molecular complexity index is 1010. The number of fused-ring (bicyclic) bond motifs is 1. The molecule has 0 spiro atoms. The maximum atomic E-state index is 4.58. The van der Waals surface area contributed by atoms with Crippen LogP contribution < -0.4 is 5.32 Å². The van der Waals surface area contributed by atoms with Gasteiger partial charge in [0, 0.05) is 23.3 Å². The quantitative estimate of drug-likeness (QED) is 0.522. The predicted molar refractivity (Wildman–Crippen MR) is 105 cm³/mol. The average molecular weight is 343 g/mol. The molecule has 0 aliphatic heterocycles. The van der Waals surface area contributed by atoms with Gasteiger partial charge in [0.1, 0.15) is 0 Å². The van der Waals surface area contributed by atoms with E-state index in [1.54, 1.807) is 6.20 Å². The second-order valence-electron chi connectivity index (χ2n) is 6.29. The van der Waals surface area contributed by atoms with Gasteiger partial charge in [0.05, 0.1) is 23.1 Å². The van der Waals surface area contributed by atoms with E-state index >= 15 is 0 Å². The third-order valence-electron chi connectivity index (χ3n) is 4.55. The summed E-state index contributed by atoms with van der Waals surface area (Å²) in [6.45, 7) is 1.02. The van der Waals surface area contributed by atoms with Crippen molar-refractivity contribution in [1.29, 1.82) is 0 Å². The summed E-state index contributed by atoms with van der Waals surface area (Å²) in [4.78, 5) is 9.03. The molecule has 3 heterocycles. The van der Waals surface area contributed by atoms with Crippen molar-refractivity contribution in [3.8, 4) is 22.5 Å². The molecule has 130 valence electrons. The third-order valence-corrected chi connectivity index (χ3v) is 4.55. The van der Waals surface area contributed by atoms with Crippen molar-refractivity contribution in [3.63, 3.8) is 0 Å². The maximum absolute atomic E-state index is 4.58. The van der Waals surface area contributed by atoms with E-state index in [0.29, 0.717) is 0 Å². The van der Waals surface area contributed by atoms with Crippen LogP contribution in [0.5, 0.6) is 0 Å². The van der Waals surface area contributed by atoms with Crippen molar-refractivity contribution < 1.29 is 0 Å². The van der Waals surface area contributed by atoms with E-state index in [2.05, 4.69) is 43.7 Å². The van der Waals surface area contributed by atoms with Crippen molar-refractivity contribution in [3.05, 3.63) is 66.6 Å². The lowest BCUT2D eigenvalue weighted by Crippen LogP contribution is -2.08. The number of H-pyrrole nitrogens is 1. The van der Waals surface area contributed by atoms with E-state index in [4.69, 9.17) is 0 Å². The van der Waals surface area contributed by atoms with Gasteiger partial charge in [0.25, 0.3) is 0 Å². The summed E-state index contributed by atoms with van der Waals surface area (Å²) in [6, 6.07) is 14.5. The summed E-state index contributed by atoms with van der Waals surface area (Å²) in [6.07, 6.45) is 7.69. The smallest absolute Gasteiger partial charge is 0.0913 e. The molecule has 0 bridgehead atoms. The van der Waals surface area contributed by atoms with Crippen LogP contribution in [0.15, 0.2) is 61.1 Å². The number of aromatic amines is 1. The van der Waals surface area contributed by atoms with Crippen LogP contribution in [0.4, 0.5) is 0 Å². The van der Waals surface area contributed by atoms with Gasteiger partial charge in [-0.3, -0.25) is 15.1 Å². The summed E-state index contributed by atoms with van der Waals surface area (Å²) in [7, 11) is 1.98. The van der Waals surface area contributed by atoms with E-state index in [0.717, 1.165) is 52.8 Å². The maximum Gasteiger partial charge on any atom is 0.0913 e. The topological polar surface area (TPSA) is 66.5 Å². The largest absolute Gasteiger partial charge is 0.320 e. The van der Waals surface area contributed by atoms with Crippen LogP contribution in [-0.2, 0) is 6.42 Å². The molecule has 0 radical (unpaired) electrons. The SMILES string of the molecule is CNCCCc1ccc2c(-c3cn[nH]c3-c3ccccn3)ccnc2c1. The van der Waals surface area contributed by atoms with Crippen LogP contribution in [-0.4, -0.2) is 33.8 Å². The number of pyridine rings is 2. The number of nitrogens with one attached hydrogen (secondary N) is 2. The summed E-state index contributed by atoms with van der Waals surface area (Å²) >= 11 is 0. The molecule has 0 amide bonds. The second kappa shape index (κ2) is 7.45. The van der Waals surface area contributed by atoms with Gasteiger partial charge >= 0.3 is 0 Å². The Kier molecular flexibility index (Phi) is 4.71. The van der Waals surface area contributed by atoms with Crippen molar-refractivity contribution in [2.75, 3.05) is 13.6 Å². The van der Waals surface area contributed by atoms with E-state index in [9.17, 15) is 0 Å². The van der Waals surface area contributed by atoms with Crippen LogP contribution in [0.2, 0.25) is 0 Å². The number of nitrogens with zero attached hydrogens (tertiary/aromatic N) is 3. The van der Waals surface area contributed by atoms with Gasteiger partial charge in [0.15, 0.2) is 0 Å². The molecule has 0 aliphatic carbocycles. The first-order valence-electron chi connectivity index (χ1n) is 8.84. The minimum atomic E-state index is 0.883. The van der Waals surface area contributed by atoms with E-state index in [-0.39, 0.29) is 0 Å². The van der Waals surface area contributed by atoms with Gasteiger partial charge < -0.3 is 5.32 Å². The molecular weight excluding hydrogens is 322 g/mol. The van der Waals surface area contributed by atoms with Crippen LogP contribution >= 0.6 is 0 Å². The molecule has 4 aromatic rings. The molecule has 0 saturated carbocycles. The Labute approximate surface area is 152 Å². The fourth-order valence-corrected chi connectivity index (χ4v) is 3.25. The highest BCUT2D eigenvalue weighted by Gasteiger charge is 2.13. The van der Waals surface area contributed by atoms with Crippen LogP contribution in [0.1, 0.15) is 12.0 Å². The molecule has 0 aliphatic rings. The number of benzene rings is 1. The van der Waals surface area contributed by atoms with Crippen molar-refractivity contribution >= 4 is 10.9 Å². The number of hydrogen-bond acceptors (Lipinski definition) is 4. The van der Waals surface area contributed by atoms with Crippen molar-refractivity contribution in [2.45, 2.75) is 12.8 Å². The van der Waals surface area contributed by atoms with Gasteiger partial charge in [0.2, 0.25) is 0 Å². The van der Waals surface area contributed by atoms with Gasteiger partial charge in [-0.15, -0.1) is 0 Å². The molecule has 0 fully saturated rings. The molecule has 1 aromatic carbocycles. The zero-order chi connectivity index (χ0) is 17.8. The standard InChI is InChI=1S/C21H21N5/c1-22-10-4-5-15-7-8-17-16(9-12-24-20(17)13-15)18-14-25-26-21(18)19-6-2-3-11-23-19/h2-3,6-9,11-14,22H,4-5,10H2,1H3,(H,25,26). The minimum absolute atomic E-state index is 0.883. The summed E-state index contributed by atoms with van der Waals surface area (Å²) in [5.41, 5.74) is 6.29. The predicted octanol–water partition coefficient (Wildman–Crippen LogP) is 3.84. The van der Waals surface area contributed by atoms with E-state index in [1.807, 2.05) is 43.7 Å². The first-order valence-corrected chi connectivity index (χ1v) is 8.84. The summed E-state index contributed by atoms with van der Waals surface area (Å²) in [5, 5.41) is 11.7. The molecule has 0 atom stereocenters. The molecule has 5 nitrogen and oxygen atoms in total. The average Bonchev–Trinajstić information content (AvgIpc) is 3.18. The molecule has 26 heavy (non-hydrogen) atoms. The van der Waals surface area contributed by atoms with Crippen molar-refractivity contribution in [1.82, 2.24) is 25.5 Å². The summed E-state index contributed by atoms with van der Waals surface area (Å²) in [5.74, 6) is 0. The molecule has 2 N–H and O–H groups in total. The Hall–Kier alpha value is -3.05.